The van der Waals surface area contributed by atoms with E-state index in [-0.39, 0.29) is 11.7 Å². The van der Waals surface area contributed by atoms with Crippen LogP contribution in [0.3, 0.4) is 0 Å². The highest BCUT2D eigenvalue weighted by atomic mass is 16.3. The second-order valence-corrected chi connectivity index (χ2v) is 6.76. The fourth-order valence-corrected chi connectivity index (χ4v) is 3.54. The molecule has 4 rings (SSSR count). The number of fused-ring (bicyclic) bond motifs is 1. The van der Waals surface area contributed by atoms with Crippen molar-refractivity contribution in [3.63, 3.8) is 0 Å². The van der Waals surface area contributed by atoms with Crippen LogP contribution in [-0.2, 0) is 19.5 Å². The highest BCUT2D eigenvalue weighted by Crippen LogP contribution is 2.25. The highest BCUT2D eigenvalue weighted by Gasteiger charge is 2.21. The third kappa shape index (κ3) is 3.99. The standard InChI is InChI=1S/C22H21N3O2/c26-19-5-2-4-18(13-19)24-22(27)21-6-1-3-17-15-25(12-9-20(17)21)14-16-7-10-23-11-8-16/h1-8,10-11,13,26H,9,12,14-15H2,(H,24,27). The first-order chi connectivity index (χ1) is 13.2. The number of hydrogen-bond acceptors (Lipinski definition) is 4. The van der Waals surface area contributed by atoms with Crippen LogP contribution in [0.4, 0.5) is 5.69 Å². The zero-order chi connectivity index (χ0) is 18.6. The Morgan fingerprint density at radius 3 is 2.74 bits per heavy atom. The zero-order valence-electron chi connectivity index (χ0n) is 14.9. The third-order valence-electron chi connectivity index (χ3n) is 4.85. The van der Waals surface area contributed by atoms with Gasteiger partial charge < -0.3 is 10.4 Å². The number of aromatic nitrogens is 1. The monoisotopic (exact) mass is 359 g/mol. The van der Waals surface area contributed by atoms with E-state index in [0.29, 0.717) is 11.3 Å². The van der Waals surface area contributed by atoms with E-state index in [2.05, 4.69) is 21.3 Å². The van der Waals surface area contributed by atoms with Crippen molar-refractivity contribution in [2.75, 3.05) is 11.9 Å². The van der Waals surface area contributed by atoms with Gasteiger partial charge in [-0.25, -0.2) is 0 Å². The van der Waals surface area contributed by atoms with Gasteiger partial charge in [-0.2, -0.15) is 0 Å². The molecule has 0 aliphatic carbocycles. The van der Waals surface area contributed by atoms with E-state index >= 15 is 0 Å². The number of carbonyl (C=O) groups is 1. The molecular weight excluding hydrogens is 338 g/mol. The number of rotatable bonds is 4. The van der Waals surface area contributed by atoms with Gasteiger partial charge in [0.05, 0.1) is 0 Å². The average molecular weight is 359 g/mol. The lowest BCUT2D eigenvalue weighted by Gasteiger charge is -2.30. The van der Waals surface area contributed by atoms with E-state index in [1.54, 1.807) is 24.3 Å². The summed E-state index contributed by atoms with van der Waals surface area (Å²) in [5.74, 6) is -0.00493. The number of amides is 1. The minimum absolute atomic E-state index is 0.134. The quantitative estimate of drug-likeness (QED) is 0.747. The Labute approximate surface area is 158 Å². The second kappa shape index (κ2) is 7.60. The van der Waals surface area contributed by atoms with Crippen LogP contribution >= 0.6 is 0 Å². The van der Waals surface area contributed by atoms with Crippen molar-refractivity contribution in [2.24, 2.45) is 0 Å². The van der Waals surface area contributed by atoms with E-state index < -0.39 is 0 Å². The van der Waals surface area contributed by atoms with Gasteiger partial charge in [-0.3, -0.25) is 14.7 Å². The van der Waals surface area contributed by atoms with E-state index in [1.807, 2.05) is 36.7 Å². The van der Waals surface area contributed by atoms with Crippen LogP contribution in [0, 0.1) is 0 Å². The second-order valence-electron chi connectivity index (χ2n) is 6.76. The molecule has 0 fully saturated rings. The minimum Gasteiger partial charge on any atom is -0.508 e. The van der Waals surface area contributed by atoms with Gasteiger partial charge >= 0.3 is 0 Å². The van der Waals surface area contributed by atoms with Crippen LogP contribution in [0.2, 0.25) is 0 Å². The Bertz CT molecular complexity index is 957. The van der Waals surface area contributed by atoms with Crippen molar-refractivity contribution in [2.45, 2.75) is 19.5 Å². The molecule has 5 nitrogen and oxygen atoms in total. The summed E-state index contributed by atoms with van der Waals surface area (Å²) < 4.78 is 0. The van der Waals surface area contributed by atoms with E-state index in [9.17, 15) is 9.90 Å². The predicted octanol–water partition coefficient (Wildman–Crippen LogP) is 3.60. The van der Waals surface area contributed by atoms with Gasteiger partial charge in [-0.15, -0.1) is 0 Å². The molecule has 0 unspecified atom stereocenters. The van der Waals surface area contributed by atoms with Gasteiger partial charge in [0, 0.05) is 49.3 Å². The number of pyridine rings is 1. The SMILES string of the molecule is O=C(Nc1cccc(O)c1)c1cccc2c1CCN(Cc1ccncc1)C2. The molecule has 0 atom stereocenters. The van der Waals surface area contributed by atoms with Gasteiger partial charge in [0.1, 0.15) is 5.75 Å². The minimum atomic E-state index is -0.139. The van der Waals surface area contributed by atoms with Crippen LogP contribution in [0.1, 0.15) is 27.0 Å². The fraction of sp³-hybridized carbons (Fsp3) is 0.182. The predicted molar refractivity (Wildman–Crippen MR) is 105 cm³/mol. The van der Waals surface area contributed by atoms with Crippen molar-refractivity contribution < 1.29 is 9.90 Å². The van der Waals surface area contributed by atoms with Crippen LogP contribution < -0.4 is 5.32 Å². The van der Waals surface area contributed by atoms with Crippen LogP contribution in [0.5, 0.6) is 5.75 Å². The first-order valence-corrected chi connectivity index (χ1v) is 9.01. The number of anilines is 1. The fourth-order valence-electron chi connectivity index (χ4n) is 3.54. The average Bonchev–Trinajstić information content (AvgIpc) is 2.68. The maximum atomic E-state index is 12.8. The lowest BCUT2D eigenvalue weighted by atomic mass is 9.93. The zero-order valence-corrected chi connectivity index (χ0v) is 14.9. The summed E-state index contributed by atoms with van der Waals surface area (Å²) in [7, 11) is 0. The van der Waals surface area contributed by atoms with E-state index in [1.165, 1.54) is 11.1 Å². The summed E-state index contributed by atoms with van der Waals surface area (Å²) in [6.45, 7) is 2.61. The lowest BCUT2D eigenvalue weighted by Crippen LogP contribution is -2.31. The number of benzene rings is 2. The van der Waals surface area contributed by atoms with Crippen molar-refractivity contribution in [1.82, 2.24) is 9.88 Å². The van der Waals surface area contributed by atoms with Gasteiger partial charge in [0.15, 0.2) is 0 Å². The maximum Gasteiger partial charge on any atom is 0.255 e. The summed E-state index contributed by atoms with van der Waals surface area (Å²) in [4.78, 5) is 19.2. The summed E-state index contributed by atoms with van der Waals surface area (Å²) in [6, 6.07) is 16.6. The first kappa shape index (κ1) is 17.2. The van der Waals surface area contributed by atoms with Crippen molar-refractivity contribution in [3.8, 4) is 5.75 Å². The molecule has 0 spiro atoms. The summed E-state index contributed by atoms with van der Waals surface area (Å²) in [5.41, 5.74) is 4.85. The summed E-state index contributed by atoms with van der Waals surface area (Å²) in [5, 5.41) is 12.5. The number of nitrogens with zero attached hydrogens (tertiary/aromatic N) is 2. The molecule has 1 aromatic heterocycles. The number of phenols is 1. The van der Waals surface area contributed by atoms with Crippen LogP contribution in [0.15, 0.2) is 67.0 Å². The number of phenolic OH excluding ortho intramolecular Hbond substituents is 1. The molecule has 1 aliphatic rings. The molecule has 2 N–H and O–H groups in total. The largest absolute Gasteiger partial charge is 0.508 e. The van der Waals surface area contributed by atoms with Crippen molar-refractivity contribution >= 4 is 11.6 Å². The molecule has 1 aliphatic heterocycles. The molecule has 0 saturated carbocycles. The molecule has 0 bridgehead atoms. The van der Waals surface area contributed by atoms with Gasteiger partial charge in [-0.1, -0.05) is 18.2 Å². The summed E-state index contributed by atoms with van der Waals surface area (Å²) >= 11 is 0. The number of carbonyl (C=O) groups excluding carboxylic acids is 1. The van der Waals surface area contributed by atoms with E-state index in [4.69, 9.17) is 0 Å². The molecule has 1 amide bonds. The van der Waals surface area contributed by atoms with E-state index in [0.717, 1.165) is 31.6 Å². The highest BCUT2D eigenvalue weighted by molar-refractivity contribution is 6.05. The van der Waals surface area contributed by atoms with Crippen molar-refractivity contribution in [1.29, 1.82) is 0 Å². The molecule has 27 heavy (non-hydrogen) atoms. The smallest absolute Gasteiger partial charge is 0.255 e. The molecule has 2 aromatic carbocycles. The van der Waals surface area contributed by atoms with Crippen LogP contribution in [0.25, 0.3) is 0 Å². The normalized spacial score (nSPS) is 13.8. The Hall–Kier alpha value is -3.18. The molecule has 0 radical (unpaired) electrons. The van der Waals surface area contributed by atoms with Gasteiger partial charge in [0.2, 0.25) is 0 Å². The first-order valence-electron chi connectivity index (χ1n) is 9.01. The number of aromatic hydroxyl groups is 1. The summed E-state index contributed by atoms with van der Waals surface area (Å²) in [6.07, 6.45) is 4.47. The third-order valence-corrected chi connectivity index (χ3v) is 4.85. The molecule has 0 saturated heterocycles. The number of hydrogen-bond donors (Lipinski definition) is 2. The van der Waals surface area contributed by atoms with Gasteiger partial charge in [-0.05, 0) is 53.4 Å². The Balaban J connectivity index is 1.51. The van der Waals surface area contributed by atoms with Crippen LogP contribution in [-0.4, -0.2) is 27.4 Å². The Morgan fingerprint density at radius 2 is 1.93 bits per heavy atom. The van der Waals surface area contributed by atoms with Gasteiger partial charge in [0.25, 0.3) is 5.91 Å². The maximum absolute atomic E-state index is 12.8. The Morgan fingerprint density at radius 1 is 1.11 bits per heavy atom. The topological polar surface area (TPSA) is 65.5 Å². The molecule has 5 heteroatoms. The van der Waals surface area contributed by atoms with Crippen molar-refractivity contribution in [3.05, 3.63) is 89.2 Å². The lowest BCUT2D eigenvalue weighted by molar-refractivity contribution is 0.102. The number of nitrogens with one attached hydrogen (secondary N) is 1. The molecule has 3 aromatic rings. The molecule has 136 valence electrons. The Kier molecular flexibility index (Phi) is 4.85. The molecular formula is C22H21N3O2. The molecule has 2 heterocycles.